The van der Waals surface area contributed by atoms with E-state index in [-0.39, 0.29) is 0 Å². The Morgan fingerprint density at radius 2 is 1.50 bits per heavy atom. The van der Waals surface area contributed by atoms with Crippen LogP contribution in [0.15, 0.2) is 12.1 Å². The maximum Gasteiger partial charge on any atom is 0.338 e. The molecule has 0 atom stereocenters. The Balaban J connectivity index is 3.47. The molecule has 0 aliphatic carbocycles. The molecule has 0 unspecified atom stereocenters. The van der Waals surface area contributed by atoms with Crippen LogP contribution < -0.4 is 0 Å². The summed E-state index contributed by atoms with van der Waals surface area (Å²) in [7, 11) is 0. The zero-order valence-corrected chi connectivity index (χ0v) is 8.78. The number of halogens is 2. The molecule has 1 rings (SSSR count). The van der Waals surface area contributed by atoms with Crippen molar-refractivity contribution < 1.29 is 24.2 Å². The second kappa shape index (κ2) is 3.91. The standard InChI is InChI=1S/C8H4FIO4/c9-6-4(7(11)12)1-3(10)2-5(6)8(13)14/h1-2H,(H,11,12)(H,13,14). The molecule has 0 radical (unpaired) electrons. The molecule has 14 heavy (non-hydrogen) atoms. The van der Waals surface area contributed by atoms with Gasteiger partial charge in [0.15, 0.2) is 5.82 Å². The third-order valence-corrected chi connectivity index (χ3v) is 2.12. The Morgan fingerprint density at radius 1 is 1.14 bits per heavy atom. The lowest BCUT2D eigenvalue weighted by Gasteiger charge is -2.02. The Kier molecular flexibility index (Phi) is 3.04. The molecular weight excluding hydrogens is 306 g/mol. The van der Waals surface area contributed by atoms with Gasteiger partial charge in [-0.15, -0.1) is 0 Å². The van der Waals surface area contributed by atoms with Crippen molar-refractivity contribution in [3.8, 4) is 0 Å². The Hall–Kier alpha value is -1.18. The first kappa shape index (κ1) is 10.9. The number of carboxylic acid groups (broad SMARTS) is 2. The second-order valence-corrected chi connectivity index (χ2v) is 3.67. The first-order valence-electron chi connectivity index (χ1n) is 3.39. The Morgan fingerprint density at radius 3 is 1.79 bits per heavy atom. The minimum absolute atomic E-state index is 0.360. The summed E-state index contributed by atoms with van der Waals surface area (Å²) >= 11 is 1.72. The summed E-state index contributed by atoms with van der Waals surface area (Å²) in [6, 6.07) is 2.15. The molecule has 4 nitrogen and oxygen atoms in total. The Bertz CT molecular complexity index is 381. The monoisotopic (exact) mass is 310 g/mol. The summed E-state index contributed by atoms with van der Waals surface area (Å²) in [6.07, 6.45) is 0. The van der Waals surface area contributed by atoms with Gasteiger partial charge in [0.25, 0.3) is 0 Å². The van der Waals surface area contributed by atoms with Crippen molar-refractivity contribution in [2.45, 2.75) is 0 Å². The number of carbonyl (C=O) groups is 2. The number of hydrogen-bond donors (Lipinski definition) is 2. The van der Waals surface area contributed by atoms with Gasteiger partial charge in [-0.05, 0) is 34.7 Å². The topological polar surface area (TPSA) is 74.6 Å². The molecule has 0 heterocycles. The van der Waals surface area contributed by atoms with E-state index in [0.717, 1.165) is 12.1 Å². The fourth-order valence-electron chi connectivity index (χ4n) is 0.900. The average Bonchev–Trinajstić information content (AvgIpc) is 2.07. The van der Waals surface area contributed by atoms with Crippen molar-refractivity contribution in [2.24, 2.45) is 0 Å². The highest BCUT2D eigenvalue weighted by atomic mass is 127. The largest absolute Gasteiger partial charge is 0.478 e. The van der Waals surface area contributed by atoms with E-state index < -0.39 is 28.9 Å². The molecule has 0 spiro atoms. The second-order valence-electron chi connectivity index (χ2n) is 2.43. The molecule has 0 bridgehead atoms. The van der Waals surface area contributed by atoms with Crippen LogP contribution >= 0.6 is 22.6 Å². The van der Waals surface area contributed by atoms with Gasteiger partial charge in [-0.25, -0.2) is 14.0 Å². The highest BCUT2D eigenvalue weighted by Crippen LogP contribution is 2.17. The molecule has 0 saturated carbocycles. The number of benzene rings is 1. The molecule has 6 heteroatoms. The van der Waals surface area contributed by atoms with E-state index in [1.165, 1.54) is 0 Å². The zero-order valence-electron chi connectivity index (χ0n) is 6.62. The van der Waals surface area contributed by atoms with E-state index in [4.69, 9.17) is 10.2 Å². The van der Waals surface area contributed by atoms with Gasteiger partial charge in [-0.1, -0.05) is 0 Å². The lowest BCUT2D eigenvalue weighted by atomic mass is 10.1. The van der Waals surface area contributed by atoms with Crippen LogP contribution in [0.2, 0.25) is 0 Å². The maximum atomic E-state index is 13.2. The summed E-state index contributed by atoms with van der Waals surface area (Å²) in [5.74, 6) is -4.18. The first-order valence-corrected chi connectivity index (χ1v) is 4.47. The fourth-order valence-corrected chi connectivity index (χ4v) is 1.52. The number of hydrogen-bond acceptors (Lipinski definition) is 2. The van der Waals surface area contributed by atoms with Crippen LogP contribution in [0, 0.1) is 9.39 Å². The van der Waals surface area contributed by atoms with Crippen LogP contribution in [0.4, 0.5) is 4.39 Å². The van der Waals surface area contributed by atoms with E-state index in [0.29, 0.717) is 3.57 Å². The van der Waals surface area contributed by atoms with Gasteiger partial charge in [0.1, 0.15) is 0 Å². The van der Waals surface area contributed by atoms with Crippen molar-refractivity contribution in [2.75, 3.05) is 0 Å². The number of aromatic carboxylic acids is 2. The smallest absolute Gasteiger partial charge is 0.338 e. The molecule has 0 saturated heterocycles. The quantitative estimate of drug-likeness (QED) is 0.817. The SMILES string of the molecule is O=C(O)c1cc(I)cc(C(=O)O)c1F. The zero-order chi connectivity index (χ0) is 10.9. The van der Waals surface area contributed by atoms with E-state index in [1.807, 2.05) is 0 Å². The Labute approximate surface area is 91.5 Å². The molecular formula is C8H4FIO4. The summed E-state index contributed by atoms with van der Waals surface area (Å²) in [4.78, 5) is 21.0. The number of rotatable bonds is 2. The van der Waals surface area contributed by atoms with Crippen LogP contribution in [0.5, 0.6) is 0 Å². The van der Waals surface area contributed by atoms with Gasteiger partial charge in [0, 0.05) is 3.57 Å². The van der Waals surface area contributed by atoms with Gasteiger partial charge >= 0.3 is 11.9 Å². The first-order chi connectivity index (χ1) is 6.43. The average molecular weight is 310 g/mol. The molecule has 0 aliphatic rings. The van der Waals surface area contributed by atoms with Gasteiger partial charge < -0.3 is 10.2 Å². The molecule has 0 aliphatic heterocycles. The van der Waals surface area contributed by atoms with Crippen LogP contribution in [-0.4, -0.2) is 22.2 Å². The molecule has 0 amide bonds. The highest BCUT2D eigenvalue weighted by Gasteiger charge is 2.19. The predicted octanol–water partition coefficient (Wildman–Crippen LogP) is 1.83. The molecule has 0 aromatic heterocycles. The molecule has 1 aromatic carbocycles. The van der Waals surface area contributed by atoms with Gasteiger partial charge in [-0.2, -0.15) is 0 Å². The van der Waals surface area contributed by atoms with E-state index in [1.54, 1.807) is 22.6 Å². The highest BCUT2D eigenvalue weighted by molar-refractivity contribution is 14.1. The van der Waals surface area contributed by atoms with Crippen molar-refractivity contribution in [3.05, 3.63) is 32.6 Å². The maximum absolute atomic E-state index is 13.2. The predicted molar refractivity (Wildman–Crippen MR) is 53.0 cm³/mol. The van der Waals surface area contributed by atoms with Crippen LogP contribution in [0.3, 0.4) is 0 Å². The van der Waals surface area contributed by atoms with Crippen LogP contribution in [-0.2, 0) is 0 Å². The van der Waals surface area contributed by atoms with Crippen molar-refractivity contribution in [3.63, 3.8) is 0 Å². The third-order valence-electron chi connectivity index (χ3n) is 1.50. The summed E-state index contributed by atoms with van der Waals surface area (Å²) < 4.78 is 13.5. The minimum Gasteiger partial charge on any atom is -0.478 e. The molecule has 2 N–H and O–H groups in total. The summed E-state index contributed by atoms with van der Waals surface area (Å²) in [5.41, 5.74) is -1.26. The van der Waals surface area contributed by atoms with Crippen molar-refractivity contribution >= 4 is 34.5 Å². The van der Waals surface area contributed by atoms with E-state index in [9.17, 15) is 14.0 Å². The van der Waals surface area contributed by atoms with E-state index in [2.05, 4.69) is 0 Å². The van der Waals surface area contributed by atoms with Gasteiger partial charge in [0.05, 0.1) is 11.1 Å². The minimum atomic E-state index is -1.48. The van der Waals surface area contributed by atoms with Crippen LogP contribution in [0.25, 0.3) is 0 Å². The fraction of sp³-hybridized carbons (Fsp3) is 0. The normalized spacial score (nSPS) is 9.86. The summed E-state index contributed by atoms with van der Waals surface area (Å²) in [6.45, 7) is 0. The van der Waals surface area contributed by atoms with Gasteiger partial charge in [-0.3, -0.25) is 0 Å². The molecule has 74 valence electrons. The third kappa shape index (κ3) is 2.00. The van der Waals surface area contributed by atoms with Crippen LogP contribution in [0.1, 0.15) is 20.7 Å². The van der Waals surface area contributed by atoms with Gasteiger partial charge in [0.2, 0.25) is 0 Å². The number of carboxylic acids is 2. The van der Waals surface area contributed by atoms with Crippen molar-refractivity contribution in [1.29, 1.82) is 0 Å². The van der Waals surface area contributed by atoms with E-state index >= 15 is 0 Å². The molecule has 0 fully saturated rings. The molecule has 1 aromatic rings. The lowest BCUT2D eigenvalue weighted by Crippen LogP contribution is -2.08. The lowest BCUT2D eigenvalue weighted by molar-refractivity contribution is 0.0687. The van der Waals surface area contributed by atoms with Crippen molar-refractivity contribution in [1.82, 2.24) is 0 Å². The summed E-state index contributed by atoms with van der Waals surface area (Å²) in [5, 5.41) is 17.1.